The average molecular weight is 377 g/mol. The van der Waals surface area contributed by atoms with Crippen molar-refractivity contribution in [1.29, 1.82) is 0 Å². The number of benzene rings is 1. The van der Waals surface area contributed by atoms with Gasteiger partial charge in [-0.1, -0.05) is 48.7 Å². The first-order chi connectivity index (χ1) is 13.4. The maximum absolute atomic E-state index is 12.3. The zero-order chi connectivity index (χ0) is 19.5. The molecule has 2 heteroatoms. The zero-order valence-electron chi connectivity index (χ0n) is 17.3. The van der Waals surface area contributed by atoms with Gasteiger partial charge in [0.2, 0.25) is 0 Å². The molecular formula is C26H32O2. The summed E-state index contributed by atoms with van der Waals surface area (Å²) in [6.07, 6.45) is 11.1. The number of ketones is 1. The number of aliphatic hydroxyl groups is 1. The molecule has 1 aromatic rings. The lowest BCUT2D eigenvalue weighted by atomic mass is 9.50. The van der Waals surface area contributed by atoms with Crippen LogP contribution < -0.4 is 0 Å². The summed E-state index contributed by atoms with van der Waals surface area (Å²) < 4.78 is 0. The molecule has 0 unspecified atom stereocenters. The summed E-state index contributed by atoms with van der Waals surface area (Å²) in [5, 5.41) is 11.4. The lowest BCUT2D eigenvalue weighted by molar-refractivity contribution is -0.115. The normalized spacial score (nSPS) is 37.2. The van der Waals surface area contributed by atoms with E-state index in [1.54, 1.807) is 0 Å². The van der Waals surface area contributed by atoms with Crippen LogP contribution in [-0.4, -0.2) is 10.9 Å². The summed E-state index contributed by atoms with van der Waals surface area (Å²) in [5.74, 6) is 2.14. The molecule has 0 saturated heterocycles. The topological polar surface area (TPSA) is 37.3 Å². The van der Waals surface area contributed by atoms with Crippen molar-refractivity contribution in [3.8, 4) is 0 Å². The van der Waals surface area contributed by atoms with Crippen molar-refractivity contribution in [2.75, 3.05) is 0 Å². The van der Waals surface area contributed by atoms with Crippen LogP contribution in [-0.2, 0) is 11.2 Å². The summed E-state index contributed by atoms with van der Waals surface area (Å²) in [5.41, 5.74) is 5.35. The number of hydrogen-bond acceptors (Lipinski definition) is 2. The molecule has 28 heavy (non-hydrogen) atoms. The number of aryl methyl sites for hydroxylation is 1. The van der Waals surface area contributed by atoms with E-state index in [9.17, 15) is 9.90 Å². The Morgan fingerprint density at radius 1 is 1.11 bits per heavy atom. The van der Waals surface area contributed by atoms with E-state index < -0.39 is 0 Å². The lowest BCUT2D eigenvalue weighted by Gasteiger charge is -2.54. The molecule has 0 amide bonds. The summed E-state index contributed by atoms with van der Waals surface area (Å²) >= 11 is 0. The largest absolute Gasteiger partial charge is 0.512 e. The van der Waals surface area contributed by atoms with Crippen molar-refractivity contribution in [1.82, 2.24) is 0 Å². The molecular weight excluding hydrogens is 344 g/mol. The van der Waals surface area contributed by atoms with Gasteiger partial charge in [0.1, 0.15) is 0 Å². The van der Waals surface area contributed by atoms with Gasteiger partial charge in [0, 0.05) is 18.3 Å². The molecule has 2 nitrogen and oxygen atoms in total. The Kier molecular flexibility index (Phi) is 4.12. The van der Waals surface area contributed by atoms with E-state index in [-0.39, 0.29) is 16.6 Å². The standard InChI is InChI=1S/C26H32O2/c1-17-5-7-18(8-6-17)15-26-13-11-20(27)14-19(26)9-10-21-22-4-3-12-25(22,2)16-23(28)24(21)26/h5-8,14,21-22,28H,3-4,9-13,15-16H2,1-2H3/t21-,22-,25-,26+/m0/s1. The highest BCUT2D eigenvalue weighted by Crippen LogP contribution is 2.65. The van der Waals surface area contributed by atoms with Crippen LogP contribution >= 0.6 is 0 Å². The molecule has 0 bridgehead atoms. The van der Waals surface area contributed by atoms with Crippen LogP contribution in [0, 0.1) is 29.6 Å². The van der Waals surface area contributed by atoms with E-state index in [4.69, 9.17) is 0 Å². The number of carbonyl (C=O) groups excluding carboxylic acids is 1. The molecule has 1 aromatic carbocycles. The SMILES string of the molecule is Cc1ccc(C[C@]23CCC(=O)C=C2CC[C@@H]2C3=C(O)C[C@]3(C)CCC[C@@H]23)cc1. The maximum atomic E-state index is 12.3. The number of rotatable bonds is 2. The van der Waals surface area contributed by atoms with Gasteiger partial charge in [-0.15, -0.1) is 0 Å². The van der Waals surface area contributed by atoms with Gasteiger partial charge in [0.25, 0.3) is 0 Å². The van der Waals surface area contributed by atoms with Gasteiger partial charge < -0.3 is 5.11 Å². The summed E-state index contributed by atoms with van der Waals surface area (Å²) in [6.45, 7) is 4.53. The van der Waals surface area contributed by atoms with Gasteiger partial charge in [-0.05, 0) is 79.9 Å². The fourth-order valence-electron chi connectivity index (χ4n) is 7.22. The predicted octanol–water partition coefficient (Wildman–Crippen LogP) is 6.25. The molecule has 0 aromatic heterocycles. The Morgan fingerprint density at radius 2 is 1.89 bits per heavy atom. The van der Waals surface area contributed by atoms with Crippen LogP contribution in [0.25, 0.3) is 0 Å². The molecule has 0 radical (unpaired) electrons. The molecule has 0 heterocycles. The Bertz CT molecular complexity index is 874. The molecule has 4 atom stereocenters. The van der Waals surface area contributed by atoms with E-state index in [1.165, 1.54) is 41.5 Å². The average Bonchev–Trinajstić information content (AvgIpc) is 3.05. The van der Waals surface area contributed by atoms with E-state index in [0.29, 0.717) is 24.0 Å². The van der Waals surface area contributed by atoms with Crippen molar-refractivity contribution in [2.24, 2.45) is 22.7 Å². The molecule has 0 spiro atoms. The Balaban J connectivity index is 1.64. The summed E-state index contributed by atoms with van der Waals surface area (Å²) in [6, 6.07) is 8.85. The second-order valence-corrected chi connectivity index (χ2v) is 10.2. The highest BCUT2D eigenvalue weighted by molar-refractivity contribution is 5.92. The monoisotopic (exact) mass is 376 g/mol. The molecule has 4 aliphatic rings. The van der Waals surface area contributed by atoms with Crippen molar-refractivity contribution in [2.45, 2.75) is 71.6 Å². The number of carbonyl (C=O) groups is 1. The molecule has 5 rings (SSSR count). The van der Waals surface area contributed by atoms with E-state index in [1.807, 2.05) is 6.08 Å². The lowest BCUT2D eigenvalue weighted by Crippen LogP contribution is -2.46. The Morgan fingerprint density at radius 3 is 2.68 bits per heavy atom. The highest BCUT2D eigenvalue weighted by Gasteiger charge is 2.56. The quantitative estimate of drug-likeness (QED) is 0.663. The Hall–Kier alpha value is -1.83. The first-order valence-corrected chi connectivity index (χ1v) is 11.1. The molecule has 2 saturated carbocycles. The number of fused-ring (bicyclic) bond motifs is 5. The fourth-order valence-corrected chi connectivity index (χ4v) is 7.22. The van der Waals surface area contributed by atoms with Crippen LogP contribution in [0.4, 0.5) is 0 Å². The number of allylic oxidation sites excluding steroid dienone is 4. The second-order valence-electron chi connectivity index (χ2n) is 10.2. The first kappa shape index (κ1) is 18.2. The zero-order valence-corrected chi connectivity index (χ0v) is 17.3. The smallest absolute Gasteiger partial charge is 0.155 e. The van der Waals surface area contributed by atoms with Gasteiger partial charge in [-0.3, -0.25) is 4.79 Å². The van der Waals surface area contributed by atoms with Crippen molar-refractivity contribution in [3.63, 3.8) is 0 Å². The minimum atomic E-state index is -0.139. The van der Waals surface area contributed by atoms with Crippen molar-refractivity contribution < 1.29 is 9.90 Å². The van der Waals surface area contributed by atoms with Crippen molar-refractivity contribution in [3.05, 3.63) is 58.4 Å². The molecule has 1 N–H and O–H groups in total. The minimum absolute atomic E-state index is 0.139. The molecule has 4 aliphatic carbocycles. The molecule has 0 aliphatic heterocycles. The number of hydrogen-bond donors (Lipinski definition) is 1. The van der Waals surface area contributed by atoms with Crippen LogP contribution in [0.3, 0.4) is 0 Å². The third-order valence-electron chi connectivity index (χ3n) is 8.51. The van der Waals surface area contributed by atoms with Crippen LogP contribution in [0.1, 0.15) is 69.4 Å². The van der Waals surface area contributed by atoms with Crippen LogP contribution in [0.2, 0.25) is 0 Å². The van der Waals surface area contributed by atoms with Gasteiger partial charge in [0.05, 0.1) is 5.76 Å². The third-order valence-corrected chi connectivity index (χ3v) is 8.51. The van der Waals surface area contributed by atoms with Crippen LogP contribution in [0.15, 0.2) is 47.2 Å². The third kappa shape index (κ3) is 2.64. The fraction of sp³-hybridized carbons (Fsp3) is 0.577. The van der Waals surface area contributed by atoms with Gasteiger partial charge in [0.15, 0.2) is 5.78 Å². The predicted molar refractivity (Wildman–Crippen MR) is 112 cm³/mol. The van der Waals surface area contributed by atoms with Crippen LogP contribution in [0.5, 0.6) is 0 Å². The number of aliphatic hydroxyl groups excluding tert-OH is 1. The van der Waals surface area contributed by atoms with Crippen molar-refractivity contribution >= 4 is 5.78 Å². The first-order valence-electron chi connectivity index (χ1n) is 11.1. The van der Waals surface area contributed by atoms with E-state index in [0.717, 1.165) is 32.1 Å². The van der Waals surface area contributed by atoms with Gasteiger partial charge >= 0.3 is 0 Å². The van der Waals surface area contributed by atoms with E-state index in [2.05, 4.69) is 38.1 Å². The second kappa shape index (κ2) is 6.34. The van der Waals surface area contributed by atoms with E-state index >= 15 is 0 Å². The summed E-state index contributed by atoms with van der Waals surface area (Å²) in [7, 11) is 0. The van der Waals surface area contributed by atoms with Gasteiger partial charge in [-0.25, -0.2) is 0 Å². The molecule has 2 fully saturated rings. The highest BCUT2D eigenvalue weighted by atomic mass is 16.3. The summed E-state index contributed by atoms with van der Waals surface area (Å²) in [4.78, 5) is 12.3. The minimum Gasteiger partial charge on any atom is -0.512 e. The maximum Gasteiger partial charge on any atom is 0.155 e. The Labute approximate surface area is 168 Å². The molecule has 148 valence electrons. The van der Waals surface area contributed by atoms with Gasteiger partial charge in [-0.2, -0.15) is 0 Å².